The van der Waals surface area contributed by atoms with Gasteiger partial charge in [0.2, 0.25) is 5.91 Å². The van der Waals surface area contributed by atoms with E-state index in [1.54, 1.807) is 12.1 Å². The van der Waals surface area contributed by atoms with Crippen LogP contribution >= 0.6 is 0 Å². The van der Waals surface area contributed by atoms with E-state index in [0.717, 1.165) is 38.8 Å². The Labute approximate surface area is 130 Å². The molecule has 0 aromatic heterocycles. The molecule has 5 heteroatoms. The number of hydrogen-bond donors (Lipinski definition) is 0. The predicted octanol–water partition coefficient (Wildman–Crippen LogP) is 2.62. The van der Waals surface area contributed by atoms with Crippen LogP contribution in [-0.2, 0) is 9.53 Å². The van der Waals surface area contributed by atoms with E-state index in [1.807, 2.05) is 4.90 Å². The minimum atomic E-state index is -0.276. The van der Waals surface area contributed by atoms with Gasteiger partial charge in [0.15, 0.2) is 0 Å². The molecule has 0 N–H and O–H groups in total. The molecule has 0 radical (unpaired) electrons. The summed E-state index contributed by atoms with van der Waals surface area (Å²) in [5.74, 6) is 0.564. The van der Waals surface area contributed by atoms with Gasteiger partial charge in [-0.1, -0.05) is 0 Å². The third kappa shape index (κ3) is 3.58. The molecule has 0 saturated carbocycles. The third-order valence-corrected chi connectivity index (χ3v) is 4.43. The van der Waals surface area contributed by atoms with Gasteiger partial charge in [-0.05, 0) is 49.9 Å². The minimum Gasteiger partial charge on any atom is -0.491 e. The highest BCUT2D eigenvalue weighted by atomic mass is 19.1. The van der Waals surface area contributed by atoms with Gasteiger partial charge in [0.1, 0.15) is 18.2 Å². The fourth-order valence-electron chi connectivity index (χ4n) is 3.19. The first kappa shape index (κ1) is 15.3. The quantitative estimate of drug-likeness (QED) is 0.858. The Balaban J connectivity index is 1.55. The van der Waals surface area contributed by atoms with E-state index in [0.29, 0.717) is 19.0 Å². The summed E-state index contributed by atoms with van der Waals surface area (Å²) in [5, 5.41) is 0. The van der Waals surface area contributed by atoms with Crippen LogP contribution in [0.25, 0.3) is 0 Å². The summed E-state index contributed by atoms with van der Waals surface area (Å²) in [6.45, 7) is 2.57. The number of ether oxygens (including phenoxy) is 2. The lowest BCUT2D eigenvalue weighted by molar-refractivity contribution is -0.141. The Morgan fingerprint density at radius 1 is 1.27 bits per heavy atom. The molecule has 0 bridgehead atoms. The van der Waals surface area contributed by atoms with Gasteiger partial charge in [-0.25, -0.2) is 4.39 Å². The van der Waals surface area contributed by atoms with Crippen LogP contribution in [0.1, 0.15) is 25.7 Å². The molecule has 2 aliphatic rings. The standard InChI is InChI=1S/C17H22FNO3/c18-14-5-7-16(8-6-14)22-12-15-4-1-9-19(15)17(20)13-3-2-10-21-11-13/h5-8,13,15H,1-4,9-12H2/t13-,15-/m1/s1. The lowest BCUT2D eigenvalue weighted by Crippen LogP contribution is -2.44. The normalized spacial score (nSPS) is 25.2. The lowest BCUT2D eigenvalue weighted by Gasteiger charge is -2.30. The highest BCUT2D eigenvalue weighted by molar-refractivity contribution is 5.79. The molecule has 4 nitrogen and oxygen atoms in total. The van der Waals surface area contributed by atoms with Gasteiger partial charge in [0.25, 0.3) is 0 Å². The van der Waals surface area contributed by atoms with Crippen LogP contribution in [0, 0.1) is 11.7 Å². The summed E-state index contributed by atoms with van der Waals surface area (Å²) >= 11 is 0. The molecule has 2 fully saturated rings. The van der Waals surface area contributed by atoms with Gasteiger partial charge in [0.05, 0.1) is 18.6 Å². The van der Waals surface area contributed by atoms with Crippen molar-refractivity contribution >= 4 is 5.91 Å². The van der Waals surface area contributed by atoms with Crippen molar-refractivity contribution in [3.05, 3.63) is 30.1 Å². The fraction of sp³-hybridized carbons (Fsp3) is 0.588. The molecule has 1 aromatic rings. The average Bonchev–Trinajstić information content (AvgIpc) is 3.03. The second-order valence-corrected chi connectivity index (χ2v) is 6.01. The molecule has 2 heterocycles. The summed E-state index contributed by atoms with van der Waals surface area (Å²) in [6, 6.07) is 6.11. The highest BCUT2D eigenvalue weighted by Crippen LogP contribution is 2.24. The number of halogens is 1. The molecule has 1 aromatic carbocycles. The maximum Gasteiger partial charge on any atom is 0.228 e. The SMILES string of the molecule is O=C([C@@H]1CCCOC1)N1CCC[C@@H]1COc1ccc(F)cc1. The third-order valence-electron chi connectivity index (χ3n) is 4.43. The molecule has 2 aliphatic heterocycles. The maximum atomic E-state index is 12.9. The topological polar surface area (TPSA) is 38.8 Å². The Morgan fingerprint density at radius 2 is 2.09 bits per heavy atom. The maximum absolute atomic E-state index is 12.9. The van der Waals surface area contributed by atoms with Gasteiger partial charge < -0.3 is 14.4 Å². The molecule has 2 atom stereocenters. The van der Waals surface area contributed by atoms with Crippen LogP contribution < -0.4 is 4.74 Å². The molecule has 3 rings (SSSR count). The number of amides is 1. The number of carbonyl (C=O) groups excluding carboxylic acids is 1. The number of hydrogen-bond acceptors (Lipinski definition) is 3. The minimum absolute atomic E-state index is 0.000158. The Bertz CT molecular complexity index is 499. The zero-order chi connectivity index (χ0) is 15.4. The predicted molar refractivity (Wildman–Crippen MR) is 80.2 cm³/mol. The molecule has 120 valence electrons. The Morgan fingerprint density at radius 3 is 2.82 bits per heavy atom. The zero-order valence-corrected chi connectivity index (χ0v) is 12.7. The summed E-state index contributed by atoms with van der Waals surface area (Å²) in [6.07, 6.45) is 3.85. The number of nitrogens with zero attached hydrogens (tertiary/aromatic N) is 1. The molecule has 22 heavy (non-hydrogen) atoms. The van der Waals surface area contributed by atoms with E-state index in [-0.39, 0.29) is 23.7 Å². The highest BCUT2D eigenvalue weighted by Gasteiger charge is 2.34. The largest absolute Gasteiger partial charge is 0.491 e. The van der Waals surface area contributed by atoms with E-state index < -0.39 is 0 Å². The molecule has 0 spiro atoms. The first-order valence-corrected chi connectivity index (χ1v) is 8.00. The van der Waals surface area contributed by atoms with E-state index in [1.165, 1.54) is 12.1 Å². The van der Waals surface area contributed by atoms with Crippen LogP contribution in [0.4, 0.5) is 4.39 Å². The van der Waals surface area contributed by atoms with Crippen LogP contribution in [0.5, 0.6) is 5.75 Å². The van der Waals surface area contributed by atoms with E-state index in [9.17, 15) is 9.18 Å². The number of likely N-dealkylation sites (tertiary alicyclic amines) is 1. The van der Waals surface area contributed by atoms with Crippen molar-refractivity contribution in [3.8, 4) is 5.75 Å². The smallest absolute Gasteiger partial charge is 0.228 e. The zero-order valence-electron chi connectivity index (χ0n) is 12.7. The monoisotopic (exact) mass is 307 g/mol. The molecule has 0 aliphatic carbocycles. The van der Waals surface area contributed by atoms with Gasteiger partial charge in [-0.2, -0.15) is 0 Å². The van der Waals surface area contributed by atoms with Crippen LogP contribution in [0.3, 0.4) is 0 Å². The second kappa shape index (κ2) is 7.09. The summed E-state index contributed by atoms with van der Waals surface area (Å²) in [7, 11) is 0. The van der Waals surface area contributed by atoms with Gasteiger partial charge in [-0.3, -0.25) is 4.79 Å². The molecule has 2 saturated heterocycles. The van der Waals surface area contributed by atoms with Crippen molar-refractivity contribution in [2.45, 2.75) is 31.7 Å². The van der Waals surface area contributed by atoms with Gasteiger partial charge in [0, 0.05) is 13.2 Å². The van der Waals surface area contributed by atoms with E-state index in [2.05, 4.69) is 0 Å². The van der Waals surface area contributed by atoms with E-state index in [4.69, 9.17) is 9.47 Å². The first-order chi connectivity index (χ1) is 10.7. The summed E-state index contributed by atoms with van der Waals surface area (Å²) in [5.41, 5.74) is 0. The van der Waals surface area contributed by atoms with Crippen molar-refractivity contribution < 1.29 is 18.7 Å². The molecular weight excluding hydrogens is 285 g/mol. The van der Waals surface area contributed by atoms with Crippen molar-refractivity contribution in [1.29, 1.82) is 0 Å². The Kier molecular flexibility index (Phi) is 4.93. The summed E-state index contributed by atoms with van der Waals surface area (Å²) < 4.78 is 24.0. The number of benzene rings is 1. The fourth-order valence-corrected chi connectivity index (χ4v) is 3.19. The first-order valence-electron chi connectivity index (χ1n) is 8.00. The van der Waals surface area contributed by atoms with Gasteiger partial charge >= 0.3 is 0 Å². The molecule has 1 amide bonds. The van der Waals surface area contributed by atoms with Crippen molar-refractivity contribution in [2.24, 2.45) is 5.92 Å². The summed E-state index contributed by atoms with van der Waals surface area (Å²) in [4.78, 5) is 14.6. The van der Waals surface area contributed by atoms with Gasteiger partial charge in [-0.15, -0.1) is 0 Å². The lowest BCUT2D eigenvalue weighted by atomic mass is 10.0. The van der Waals surface area contributed by atoms with Crippen LogP contribution in [0.15, 0.2) is 24.3 Å². The average molecular weight is 307 g/mol. The van der Waals surface area contributed by atoms with Crippen LogP contribution in [0.2, 0.25) is 0 Å². The van der Waals surface area contributed by atoms with Crippen molar-refractivity contribution in [3.63, 3.8) is 0 Å². The molecular formula is C17H22FNO3. The van der Waals surface area contributed by atoms with Crippen LogP contribution in [-0.4, -0.2) is 43.2 Å². The molecule has 0 unspecified atom stereocenters. The number of carbonyl (C=O) groups is 1. The number of rotatable bonds is 4. The Hall–Kier alpha value is -1.62. The van der Waals surface area contributed by atoms with Crippen molar-refractivity contribution in [1.82, 2.24) is 4.90 Å². The van der Waals surface area contributed by atoms with Crippen molar-refractivity contribution in [2.75, 3.05) is 26.4 Å². The second-order valence-electron chi connectivity index (χ2n) is 6.01. The van der Waals surface area contributed by atoms with E-state index >= 15 is 0 Å².